The van der Waals surface area contributed by atoms with Crippen LogP contribution in [0.3, 0.4) is 0 Å². The zero-order chi connectivity index (χ0) is 13.7. The molecule has 0 aromatic heterocycles. The van der Waals surface area contributed by atoms with Crippen molar-refractivity contribution in [3.05, 3.63) is 54.1 Å². The zero-order valence-corrected chi connectivity index (χ0v) is 11.1. The van der Waals surface area contributed by atoms with Gasteiger partial charge in [0.15, 0.2) is 0 Å². The average Bonchev–Trinajstić information content (AvgIpc) is 2.42. The fourth-order valence-corrected chi connectivity index (χ4v) is 2.44. The van der Waals surface area contributed by atoms with Crippen LogP contribution in [-0.2, 0) is 11.2 Å². The van der Waals surface area contributed by atoms with Gasteiger partial charge in [0.05, 0.1) is 5.75 Å². The van der Waals surface area contributed by atoms with Crippen molar-refractivity contribution in [2.45, 2.75) is 11.3 Å². The summed E-state index contributed by atoms with van der Waals surface area (Å²) in [6.45, 7) is 0. The van der Waals surface area contributed by atoms with Gasteiger partial charge in [0, 0.05) is 16.9 Å². The molecule has 98 valence electrons. The number of carbonyl (C=O) groups is 1. The minimum Gasteiger partial charge on any atom is -0.508 e. The van der Waals surface area contributed by atoms with Crippen molar-refractivity contribution in [2.75, 3.05) is 5.75 Å². The molecule has 0 saturated carbocycles. The molecule has 0 unspecified atom stereocenters. The zero-order valence-electron chi connectivity index (χ0n) is 10.2. The van der Waals surface area contributed by atoms with Crippen LogP contribution in [0.4, 0.5) is 0 Å². The number of carbonyl (C=O) groups excluding carboxylic acids is 1. The summed E-state index contributed by atoms with van der Waals surface area (Å²) in [7, 11) is 0. The van der Waals surface area contributed by atoms with E-state index >= 15 is 0 Å². The molecule has 0 fully saturated rings. The first-order chi connectivity index (χ1) is 9.15. The first kappa shape index (κ1) is 13.5. The number of thioether (sulfide) groups is 1. The van der Waals surface area contributed by atoms with E-state index in [0.717, 1.165) is 4.90 Å². The number of phenols is 2. The summed E-state index contributed by atoms with van der Waals surface area (Å²) >= 11 is 1.46. The maximum atomic E-state index is 11.8. The third-order valence-electron chi connectivity index (χ3n) is 2.59. The van der Waals surface area contributed by atoms with Crippen molar-refractivity contribution in [1.82, 2.24) is 0 Å². The van der Waals surface area contributed by atoms with Crippen molar-refractivity contribution in [3.8, 4) is 11.5 Å². The van der Waals surface area contributed by atoms with Crippen LogP contribution in [0.25, 0.3) is 0 Å². The van der Waals surface area contributed by atoms with Crippen molar-refractivity contribution in [3.63, 3.8) is 0 Å². The van der Waals surface area contributed by atoms with Crippen LogP contribution in [0.1, 0.15) is 5.56 Å². The smallest absolute Gasteiger partial charge is 0.147 e. The highest BCUT2D eigenvalue weighted by atomic mass is 32.2. The molecule has 0 amide bonds. The fourth-order valence-electron chi connectivity index (χ4n) is 1.66. The number of ketones is 1. The quantitative estimate of drug-likeness (QED) is 0.650. The molecule has 0 radical (unpaired) electrons. The molecule has 0 saturated heterocycles. The molecular weight excluding hydrogens is 260 g/mol. The minimum absolute atomic E-state index is 0.00903. The van der Waals surface area contributed by atoms with E-state index in [2.05, 4.69) is 0 Å². The van der Waals surface area contributed by atoms with Gasteiger partial charge in [-0.05, 0) is 30.3 Å². The predicted molar refractivity (Wildman–Crippen MR) is 75.6 cm³/mol. The van der Waals surface area contributed by atoms with E-state index in [4.69, 9.17) is 0 Å². The van der Waals surface area contributed by atoms with Crippen LogP contribution in [0.2, 0.25) is 0 Å². The lowest BCUT2D eigenvalue weighted by Gasteiger charge is -2.05. The van der Waals surface area contributed by atoms with E-state index in [1.54, 1.807) is 0 Å². The minimum atomic E-state index is 0.00903. The third-order valence-corrected chi connectivity index (χ3v) is 3.67. The largest absolute Gasteiger partial charge is 0.508 e. The molecule has 19 heavy (non-hydrogen) atoms. The normalized spacial score (nSPS) is 10.3. The van der Waals surface area contributed by atoms with Crippen LogP contribution in [-0.4, -0.2) is 21.7 Å². The summed E-state index contributed by atoms with van der Waals surface area (Å²) in [4.78, 5) is 12.9. The highest BCUT2D eigenvalue weighted by molar-refractivity contribution is 8.00. The Kier molecular flexibility index (Phi) is 4.47. The molecule has 3 nitrogen and oxygen atoms in total. The first-order valence-electron chi connectivity index (χ1n) is 5.85. The molecule has 0 heterocycles. The van der Waals surface area contributed by atoms with Crippen LogP contribution >= 0.6 is 11.8 Å². The van der Waals surface area contributed by atoms with E-state index in [9.17, 15) is 15.0 Å². The van der Waals surface area contributed by atoms with Gasteiger partial charge in [-0.2, -0.15) is 0 Å². The summed E-state index contributed by atoms with van der Waals surface area (Å²) in [5.41, 5.74) is 0.457. The van der Waals surface area contributed by atoms with Gasteiger partial charge in [-0.15, -0.1) is 11.8 Å². The van der Waals surface area contributed by atoms with Crippen LogP contribution in [0.5, 0.6) is 11.5 Å². The van der Waals surface area contributed by atoms with Gasteiger partial charge in [-0.3, -0.25) is 4.79 Å². The number of phenolic OH excluding ortho intramolecular Hbond substituents is 2. The van der Waals surface area contributed by atoms with Gasteiger partial charge >= 0.3 is 0 Å². The lowest BCUT2D eigenvalue weighted by atomic mass is 10.1. The summed E-state index contributed by atoms with van der Waals surface area (Å²) in [6.07, 6.45) is 0.125. The van der Waals surface area contributed by atoms with Crippen LogP contribution in [0.15, 0.2) is 53.4 Å². The SMILES string of the molecule is O=C(CSc1ccccc1)Cc1cc(O)ccc1O. The molecule has 0 spiro atoms. The van der Waals surface area contributed by atoms with Crippen LogP contribution in [0, 0.1) is 0 Å². The van der Waals surface area contributed by atoms with Gasteiger partial charge < -0.3 is 10.2 Å². The van der Waals surface area contributed by atoms with Gasteiger partial charge in [0.2, 0.25) is 0 Å². The monoisotopic (exact) mass is 274 g/mol. The number of aromatic hydroxyl groups is 2. The maximum absolute atomic E-state index is 11.8. The Morgan fingerprint density at radius 2 is 1.79 bits per heavy atom. The molecule has 2 aromatic carbocycles. The second-order valence-electron chi connectivity index (χ2n) is 4.13. The second kappa shape index (κ2) is 6.29. The maximum Gasteiger partial charge on any atom is 0.147 e. The van der Waals surface area contributed by atoms with Crippen molar-refractivity contribution in [2.24, 2.45) is 0 Å². The molecule has 2 N–H and O–H groups in total. The molecular formula is C15H14O3S. The Bertz CT molecular complexity index is 567. The topological polar surface area (TPSA) is 57.5 Å². The van der Waals surface area contributed by atoms with Crippen molar-refractivity contribution < 1.29 is 15.0 Å². The lowest BCUT2D eigenvalue weighted by molar-refractivity contribution is -0.116. The molecule has 0 atom stereocenters. The molecule has 0 aliphatic rings. The molecule has 2 aromatic rings. The lowest BCUT2D eigenvalue weighted by Crippen LogP contribution is -2.05. The number of rotatable bonds is 5. The van der Waals surface area contributed by atoms with Gasteiger partial charge in [-0.1, -0.05) is 18.2 Å². The van der Waals surface area contributed by atoms with Gasteiger partial charge in [0.25, 0.3) is 0 Å². The standard InChI is InChI=1S/C15H14O3S/c16-12-6-7-15(18)11(8-12)9-13(17)10-19-14-4-2-1-3-5-14/h1-8,16,18H,9-10H2. The third kappa shape index (κ3) is 4.03. The predicted octanol–water partition coefficient (Wildman–Crippen LogP) is 3.00. The molecule has 2 rings (SSSR count). The van der Waals surface area contributed by atoms with Crippen molar-refractivity contribution >= 4 is 17.5 Å². The molecule has 0 aliphatic heterocycles. The molecule has 4 heteroatoms. The second-order valence-corrected chi connectivity index (χ2v) is 5.18. The van der Waals surface area contributed by atoms with E-state index in [1.807, 2.05) is 30.3 Å². The fraction of sp³-hybridized carbons (Fsp3) is 0.133. The van der Waals surface area contributed by atoms with E-state index < -0.39 is 0 Å². The van der Waals surface area contributed by atoms with Gasteiger partial charge in [-0.25, -0.2) is 0 Å². The summed E-state index contributed by atoms with van der Waals surface area (Å²) in [6, 6.07) is 13.9. The van der Waals surface area contributed by atoms with E-state index in [-0.39, 0.29) is 23.7 Å². The van der Waals surface area contributed by atoms with Crippen molar-refractivity contribution in [1.29, 1.82) is 0 Å². The summed E-state index contributed by atoms with van der Waals surface area (Å²) < 4.78 is 0. The number of Topliss-reactive ketones (excluding diaryl/α,β-unsaturated/α-hetero) is 1. The summed E-state index contributed by atoms with van der Waals surface area (Å²) in [5, 5.41) is 18.9. The Labute approximate surface area is 115 Å². The highest BCUT2D eigenvalue weighted by Crippen LogP contribution is 2.24. The Morgan fingerprint density at radius 1 is 1.05 bits per heavy atom. The Balaban J connectivity index is 1.93. The number of benzene rings is 2. The summed E-state index contributed by atoms with van der Waals surface area (Å²) in [5.74, 6) is 0.445. The van der Waals surface area contributed by atoms with E-state index in [0.29, 0.717) is 11.3 Å². The highest BCUT2D eigenvalue weighted by Gasteiger charge is 2.09. The molecule has 0 bridgehead atoms. The average molecular weight is 274 g/mol. The Morgan fingerprint density at radius 3 is 2.53 bits per heavy atom. The number of hydrogen-bond donors (Lipinski definition) is 2. The van der Waals surface area contributed by atoms with Crippen LogP contribution < -0.4 is 0 Å². The Hall–Kier alpha value is -1.94. The number of hydrogen-bond acceptors (Lipinski definition) is 4. The first-order valence-corrected chi connectivity index (χ1v) is 6.84. The van der Waals surface area contributed by atoms with E-state index in [1.165, 1.54) is 30.0 Å². The molecule has 0 aliphatic carbocycles. The van der Waals surface area contributed by atoms with Gasteiger partial charge in [0.1, 0.15) is 17.3 Å².